The summed E-state index contributed by atoms with van der Waals surface area (Å²) in [6.45, 7) is 4.07. The number of benzene rings is 2. The predicted molar refractivity (Wildman–Crippen MR) is 115 cm³/mol. The highest BCUT2D eigenvalue weighted by Crippen LogP contribution is 2.28. The van der Waals surface area contributed by atoms with E-state index in [0.29, 0.717) is 29.0 Å². The van der Waals surface area contributed by atoms with Crippen molar-refractivity contribution >= 4 is 23.5 Å². The van der Waals surface area contributed by atoms with Gasteiger partial charge >= 0.3 is 6.03 Å². The van der Waals surface area contributed by atoms with Crippen LogP contribution in [0.4, 0.5) is 14.9 Å². The van der Waals surface area contributed by atoms with E-state index in [4.69, 9.17) is 0 Å². The number of hydrogen-bond donors (Lipinski definition) is 2. The third-order valence-corrected chi connectivity index (χ3v) is 5.33. The highest BCUT2D eigenvalue weighted by atomic mass is 32.2. The number of urea groups is 1. The summed E-state index contributed by atoms with van der Waals surface area (Å²) in [5.41, 5.74) is 1.49. The van der Waals surface area contributed by atoms with Gasteiger partial charge in [-0.3, -0.25) is 14.7 Å². The zero-order valence-electron chi connectivity index (χ0n) is 16.9. The van der Waals surface area contributed by atoms with Crippen LogP contribution < -0.4 is 10.6 Å². The fourth-order valence-corrected chi connectivity index (χ4v) is 3.74. The zero-order valence-corrected chi connectivity index (χ0v) is 17.7. The lowest BCUT2D eigenvalue weighted by molar-refractivity contribution is -0.384. The van der Waals surface area contributed by atoms with Crippen LogP contribution >= 0.6 is 11.8 Å². The summed E-state index contributed by atoms with van der Waals surface area (Å²) in [6, 6.07) is 11.3. The van der Waals surface area contributed by atoms with Crippen molar-refractivity contribution in [1.29, 1.82) is 0 Å². The van der Waals surface area contributed by atoms with Gasteiger partial charge in [0.2, 0.25) is 0 Å². The summed E-state index contributed by atoms with van der Waals surface area (Å²) >= 11 is 1.38. The fourth-order valence-electron chi connectivity index (χ4n) is 2.82. The van der Waals surface area contributed by atoms with Crippen LogP contribution in [-0.2, 0) is 5.75 Å². The van der Waals surface area contributed by atoms with Gasteiger partial charge in [-0.25, -0.2) is 9.18 Å². The molecule has 0 fully saturated rings. The smallest absolute Gasteiger partial charge is 0.315 e. The molecule has 0 radical (unpaired) electrons. The number of halogens is 1. The molecule has 0 saturated heterocycles. The summed E-state index contributed by atoms with van der Waals surface area (Å²) in [5, 5.41) is 25.5. The second-order valence-electron chi connectivity index (χ2n) is 6.59. The Balaban J connectivity index is 1.92. The Morgan fingerprint density at radius 1 is 1.19 bits per heavy atom. The Bertz CT molecular complexity index is 1060. The van der Waals surface area contributed by atoms with Crippen LogP contribution in [0.15, 0.2) is 53.7 Å². The van der Waals surface area contributed by atoms with E-state index in [9.17, 15) is 19.3 Å². The molecular formula is C20H21FN6O3S. The average Bonchev–Trinajstić information content (AvgIpc) is 3.17. The van der Waals surface area contributed by atoms with Gasteiger partial charge in [0.1, 0.15) is 5.82 Å². The van der Waals surface area contributed by atoms with Gasteiger partial charge in [0, 0.05) is 30.1 Å². The van der Waals surface area contributed by atoms with E-state index in [1.165, 1.54) is 36.0 Å². The molecule has 0 saturated carbocycles. The number of nitro groups is 1. The summed E-state index contributed by atoms with van der Waals surface area (Å²) in [4.78, 5) is 22.5. The van der Waals surface area contributed by atoms with E-state index in [0.717, 1.165) is 5.56 Å². The number of carbonyl (C=O) groups is 1. The minimum absolute atomic E-state index is 0.0348. The number of aromatic nitrogens is 3. The molecule has 9 nitrogen and oxygen atoms in total. The number of carbonyl (C=O) groups excluding carboxylic acids is 1. The first kappa shape index (κ1) is 22.2. The molecule has 31 heavy (non-hydrogen) atoms. The minimum atomic E-state index is -0.477. The maximum atomic E-state index is 13.2. The normalized spacial score (nSPS) is 11.7. The number of hydrogen-bond acceptors (Lipinski definition) is 6. The Labute approximate surface area is 182 Å². The molecule has 1 unspecified atom stereocenters. The maximum absolute atomic E-state index is 13.2. The van der Waals surface area contributed by atoms with E-state index in [-0.39, 0.29) is 17.5 Å². The van der Waals surface area contributed by atoms with E-state index in [1.54, 1.807) is 35.8 Å². The van der Waals surface area contributed by atoms with Crippen LogP contribution in [0.3, 0.4) is 0 Å². The number of nitrogens with zero attached hydrogens (tertiary/aromatic N) is 4. The Kier molecular flexibility index (Phi) is 7.19. The van der Waals surface area contributed by atoms with Gasteiger partial charge in [0.25, 0.3) is 5.69 Å². The van der Waals surface area contributed by atoms with E-state index in [2.05, 4.69) is 20.8 Å². The number of nitrogens with one attached hydrogen (secondary N) is 2. The summed E-state index contributed by atoms with van der Waals surface area (Å²) in [7, 11) is 0. The van der Waals surface area contributed by atoms with Crippen molar-refractivity contribution in [1.82, 2.24) is 25.4 Å². The number of thioether (sulfide) groups is 1. The molecule has 1 aromatic heterocycles. The first-order chi connectivity index (χ1) is 14.9. The van der Waals surface area contributed by atoms with Crippen molar-refractivity contribution in [3.05, 3.63) is 75.9 Å². The summed E-state index contributed by atoms with van der Waals surface area (Å²) in [5.74, 6) is 0.681. The second-order valence-corrected chi connectivity index (χ2v) is 7.53. The number of amides is 2. The third-order valence-electron chi connectivity index (χ3n) is 4.33. The van der Waals surface area contributed by atoms with Crippen LogP contribution in [0.1, 0.15) is 31.3 Å². The average molecular weight is 444 g/mol. The molecular weight excluding hydrogens is 423 g/mol. The molecule has 0 bridgehead atoms. The summed E-state index contributed by atoms with van der Waals surface area (Å²) in [6.07, 6.45) is 0. The van der Waals surface area contributed by atoms with Crippen LogP contribution in [-0.4, -0.2) is 32.3 Å². The lowest BCUT2D eigenvalue weighted by Crippen LogP contribution is -2.37. The van der Waals surface area contributed by atoms with Crippen molar-refractivity contribution < 1.29 is 14.1 Å². The Morgan fingerprint density at radius 2 is 1.87 bits per heavy atom. The molecule has 0 aliphatic rings. The van der Waals surface area contributed by atoms with Crippen LogP contribution in [0.5, 0.6) is 0 Å². The highest BCUT2D eigenvalue weighted by molar-refractivity contribution is 7.98. The molecule has 0 spiro atoms. The first-order valence-corrected chi connectivity index (χ1v) is 10.5. The lowest BCUT2D eigenvalue weighted by Gasteiger charge is -2.16. The van der Waals surface area contributed by atoms with Gasteiger partial charge in [0.15, 0.2) is 11.0 Å². The SMILES string of the molecule is CCNC(=O)NC(C)c1nnc(SCc2ccc(F)cc2)n1-c1ccc([N+](=O)[O-])cc1. The summed E-state index contributed by atoms with van der Waals surface area (Å²) < 4.78 is 14.9. The predicted octanol–water partition coefficient (Wildman–Crippen LogP) is 3.99. The van der Waals surface area contributed by atoms with Crippen molar-refractivity contribution in [3.8, 4) is 5.69 Å². The molecule has 2 aromatic carbocycles. The van der Waals surface area contributed by atoms with Crippen molar-refractivity contribution in [3.63, 3.8) is 0 Å². The van der Waals surface area contributed by atoms with Gasteiger partial charge in [-0.1, -0.05) is 23.9 Å². The maximum Gasteiger partial charge on any atom is 0.315 e. The zero-order chi connectivity index (χ0) is 22.4. The lowest BCUT2D eigenvalue weighted by atomic mass is 10.2. The van der Waals surface area contributed by atoms with Crippen LogP contribution in [0.2, 0.25) is 0 Å². The monoisotopic (exact) mass is 444 g/mol. The molecule has 2 N–H and O–H groups in total. The van der Waals surface area contributed by atoms with Gasteiger partial charge in [-0.05, 0) is 43.7 Å². The molecule has 1 heterocycles. The van der Waals surface area contributed by atoms with E-state index < -0.39 is 11.0 Å². The Morgan fingerprint density at radius 3 is 2.48 bits per heavy atom. The molecule has 0 aliphatic carbocycles. The number of rotatable bonds is 8. The molecule has 3 aromatic rings. The highest BCUT2D eigenvalue weighted by Gasteiger charge is 2.21. The van der Waals surface area contributed by atoms with Gasteiger partial charge in [0.05, 0.1) is 11.0 Å². The fraction of sp³-hybridized carbons (Fsp3) is 0.250. The number of nitro benzene ring substituents is 1. The van der Waals surface area contributed by atoms with E-state index in [1.807, 2.05) is 6.92 Å². The quantitative estimate of drug-likeness (QED) is 0.308. The standard InChI is InChI=1S/C20H21FN6O3S/c1-3-22-19(28)23-13(2)18-24-25-20(31-12-14-4-6-15(21)7-5-14)26(18)16-8-10-17(11-9-16)27(29)30/h4-11,13H,3,12H2,1-2H3,(H2,22,23,28). The topological polar surface area (TPSA) is 115 Å². The molecule has 2 amide bonds. The third kappa shape index (κ3) is 5.57. The van der Waals surface area contributed by atoms with Crippen LogP contribution in [0.25, 0.3) is 5.69 Å². The first-order valence-electron chi connectivity index (χ1n) is 9.50. The van der Waals surface area contributed by atoms with Crippen molar-refractivity contribution in [2.75, 3.05) is 6.54 Å². The molecule has 3 rings (SSSR count). The minimum Gasteiger partial charge on any atom is -0.338 e. The van der Waals surface area contributed by atoms with Crippen molar-refractivity contribution in [2.24, 2.45) is 0 Å². The number of non-ortho nitro benzene ring substituents is 1. The molecule has 11 heteroatoms. The van der Waals surface area contributed by atoms with Gasteiger partial charge in [-0.15, -0.1) is 10.2 Å². The molecule has 1 atom stereocenters. The van der Waals surface area contributed by atoms with Gasteiger partial charge in [-0.2, -0.15) is 0 Å². The van der Waals surface area contributed by atoms with Crippen molar-refractivity contribution in [2.45, 2.75) is 30.8 Å². The Hall–Kier alpha value is -3.47. The molecule has 0 aliphatic heterocycles. The van der Waals surface area contributed by atoms with Gasteiger partial charge < -0.3 is 10.6 Å². The molecule has 162 valence electrons. The van der Waals surface area contributed by atoms with Crippen LogP contribution in [0, 0.1) is 15.9 Å². The largest absolute Gasteiger partial charge is 0.338 e. The second kappa shape index (κ2) is 10.0. The van der Waals surface area contributed by atoms with E-state index >= 15 is 0 Å².